The van der Waals surface area contributed by atoms with E-state index in [9.17, 15) is 9.59 Å². The first-order valence-electron chi connectivity index (χ1n) is 7.59. The molecule has 1 heterocycles. The number of carbonyl (C=O) groups is 2. The van der Waals surface area contributed by atoms with E-state index in [0.717, 1.165) is 19.3 Å². The lowest BCUT2D eigenvalue weighted by Gasteiger charge is -2.07. The van der Waals surface area contributed by atoms with Gasteiger partial charge in [0.1, 0.15) is 5.04 Å². The van der Waals surface area contributed by atoms with Crippen LogP contribution in [0, 0.1) is 0 Å². The third kappa shape index (κ3) is 4.98. The SMILES string of the molecule is CC1SC(C(=O)CCCCc2ccccc2)=NC1CC(=O)O. The summed E-state index contributed by atoms with van der Waals surface area (Å²) in [5, 5.41) is 9.42. The van der Waals surface area contributed by atoms with Gasteiger partial charge < -0.3 is 5.11 Å². The first kappa shape index (κ1) is 16.7. The lowest BCUT2D eigenvalue weighted by Crippen LogP contribution is -2.17. The van der Waals surface area contributed by atoms with Gasteiger partial charge in [0.15, 0.2) is 5.78 Å². The molecular formula is C17H21NO3S. The number of ketones is 1. The van der Waals surface area contributed by atoms with E-state index in [4.69, 9.17) is 5.11 Å². The molecule has 1 N–H and O–H groups in total. The smallest absolute Gasteiger partial charge is 0.305 e. The summed E-state index contributed by atoms with van der Waals surface area (Å²) in [6.45, 7) is 1.93. The second kappa shape index (κ2) is 8.13. The molecule has 0 radical (unpaired) electrons. The van der Waals surface area contributed by atoms with Gasteiger partial charge in [-0.3, -0.25) is 14.6 Å². The van der Waals surface area contributed by atoms with E-state index in [1.807, 2.05) is 25.1 Å². The Morgan fingerprint density at radius 2 is 1.95 bits per heavy atom. The molecule has 2 rings (SSSR count). The molecule has 0 amide bonds. The van der Waals surface area contributed by atoms with Crippen molar-refractivity contribution in [1.29, 1.82) is 0 Å². The molecule has 22 heavy (non-hydrogen) atoms. The van der Waals surface area contributed by atoms with Crippen molar-refractivity contribution in [2.45, 2.75) is 50.3 Å². The molecule has 0 saturated carbocycles. The van der Waals surface area contributed by atoms with Crippen LogP contribution in [0.2, 0.25) is 0 Å². The number of unbranched alkanes of at least 4 members (excludes halogenated alkanes) is 1. The monoisotopic (exact) mass is 319 g/mol. The van der Waals surface area contributed by atoms with Crippen LogP contribution in [0.5, 0.6) is 0 Å². The van der Waals surface area contributed by atoms with E-state index >= 15 is 0 Å². The summed E-state index contributed by atoms with van der Waals surface area (Å²) in [6, 6.07) is 9.96. The van der Waals surface area contributed by atoms with Gasteiger partial charge in [0.25, 0.3) is 0 Å². The van der Waals surface area contributed by atoms with Crippen LogP contribution in [0.1, 0.15) is 38.2 Å². The largest absolute Gasteiger partial charge is 0.481 e. The highest BCUT2D eigenvalue weighted by molar-refractivity contribution is 8.16. The van der Waals surface area contributed by atoms with Crippen LogP contribution >= 0.6 is 11.8 Å². The number of thioether (sulfide) groups is 1. The average molecular weight is 319 g/mol. The van der Waals surface area contributed by atoms with Gasteiger partial charge in [-0.2, -0.15) is 0 Å². The zero-order valence-electron chi connectivity index (χ0n) is 12.7. The van der Waals surface area contributed by atoms with Crippen LogP contribution in [-0.4, -0.2) is 33.2 Å². The number of aryl methyl sites for hydroxylation is 1. The predicted octanol–water partition coefficient (Wildman–Crippen LogP) is 3.35. The molecule has 4 nitrogen and oxygen atoms in total. The summed E-state index contributed by atoms with van der Waals surface area (Å²) in [6.07, 6.45) is 3.28. The number of benzene rings is 1. The minimum atomic E-state index is -0.863. The van der Waals surface area contributed by atoms with E-state index in [1.165, 1.54) is 17.3 Å². The first-order chi connectivity index (χ1) is 10.6. The molecule has 118 valence electrons. The Balaban J connectivity index is 1.74. The van der Waals surface area contributed by atoms with E-state index in [0.29, 0.717) is 11.5 Å². The quantitative estimate of drug-likeness (QED) is 0.746. The summed E-state index contributed by atoms with van der Waals surface area (Å²) in [5.41, 5.74) is 1.29. The number of hydrogen-bond acceptors (Lipinski definition) is 4. The number of hydrogen-bond donors (Lipinski definition) is 1. The molecule has 1 aromatic rings. The lowest BCUT2D eigenvalue weighted by atomic mass is 10.1. The highest BCUT2D eigenvalue weighted by Crippen LogP contribution is 2.29. The molecule has 0 saturated heterocycles. The van der Waals surface area contributed by atoms with Gasteiger partial charge in [0.05, 0.1) is 12.5 Å². The summed E-state index contributed by atoms with van der Waals surface area (Å²) in [4.78, 5) is 27.2. The Kier molecular flexibility index (Phi) is 6.19. The molecule has 1 aromatic carbocycles. The number of carboxylic acids is 1. The Bertz CT molecular complexity index is 556. The van der Waals surface area contributed by atoms with Gasteiger partial charge in [-0.1, -0.05) is 49.0 Å². The van der Waals surface area contributed by atoms with Gasteiger partial charge in [0, 0.05) is 11.7 Å². The highest BCUT2D eigenvalue weighted by Gasteiger charge is 2.31. The fourth-order valence-corrected chi connectivity index (χ4v) is 3.53. The van der Waals surface area contributed by atoms with Gasteiger partial charge in [-0.25, -0.2) is 0 Å². The maximum atomic E-state index is 12.1. The van der Waals surface area contributed by atoms with Crippen molar-refractivity contribution in [3.05, 3.63) is 35.9 Å². The second-order valence-electron chi connectivity index (χ2n) is 5.54. The number of rotatable bonds is 8. The van der Waals surface area contributed by atoms with Crippen LogP contribution in [-0.2, 0) is 16.0 Å². The van der Waals surface area contributed by atoms with E-state index in [2.05, 4.69) is 17.1 Å². The Labute approximate surface area is 135 Å². The summed E-state index contributed by atoms with van der Waals surface area (Å²) in [5.74, 6) is -0.810. The first-order valence-corrected chi connectivity index (χ1v) is 8.47. The molecule has 2 unspecified atom stereocenters. The fourth-order valence-electron chi connectivity index (χ4n) is 2.44. The van der Waals surface area contributed by atoms with Crippen molar-refractivity contribution in [3.8, 4) is 0 Å². The molecular weight excluding hydrogens is 298 g/mol. The van der Waals surface area contributed by atoms with Crippen LogP contribution in [0.4, 0.5) is 0 Å². The lowest BCUT2D eigenvalue weighted by molar-refractivity contribution is -0.137. The van der Waals surface area contributed by atoms with Crippen molar-refractivity contribution < 1.29 is 14.7 Å². The van der Waals surface area contributed by atoms with Crippen molar-refractivity contribution in [2.75, 3.05) is 0 Å². The molecule has 0 aliphatic carbocycles. The third-order valence-electron chi connectivity index (χ3n) is 3.71. The molecule has 1 aliphatic heterocycles. The minimum absolute atomic E-state index is 0.00104. The van der Waals surface area contributed by atoms with Crippen molar-refractivity contribution >= 4 is 28.6 Å². The summed E-state index contributed by atoms with van der Waals surface area (Å²) >= 11 is 1.42. The molecule has 2 atom stereocenters. The average Bonchev–Trinajstić information content (AvgIpc) is 2.85. The topological polar surface area (TPSA) is 66.7 Å². The fraction of sp³-hybridized carbons (Fsp3) is 0.471. The number of carboxylic acid groups (broad SMARTS) is 1. The molecule has 5 heteroatoms. The van der Waals surface area contributed by atoms with Crippen molar-refractivity contribution in [2.24, 2.45) is 4.99 Å². The maximum absolute atomic E-state index is 12.1. The molecule has 1 aliphatic rings. The molecule has 0 spiro atoms. The van der Waals surface area contributed by atoms with Gasteiger partial charge >= 0.3 is 5.97 Å². The Morgan fingerprint density at radius 3 is 2.64 bits per heavy atom. The Morgan fingerprint density at radius 1 is 1.23 bits per heavy atom. The second-order valence-corrected chi connectivity index (χ2v) is 6.90. The number of carbonyl (C=O) groups excluding carboxylic acids is 1. The van der Waals surface area contributed by atoms with Gasteiger partial charge in [-0.05, 0) is 24.8 Å². The van der Waals surface area contributed by atoms with E-state index < -0.39 is 5.97 Å². The van der Waals surface area contributed by atoms with Crippen molar-refractivity contribution in [1.82, 2.24) is 0 Å². The highest BCUT2D eigenvalue weighted by atomic mass is 32.2. The summed E-state index contributed by atoms with van der Waals surface area (Å²) < 4.78 is 0. The Hall–Kier alpha value is -1.62. The van der Waals surface area contributed by atoms with Crippen LogP contribution < -0.4 is 0 Å². The summed E-state index contributed by atoms with van der Waals surface area (Å²) in [7, 11) is 0. The van der Waals surface area contributed by atoms with Crippen LogP contribution in [0.3, 0.4) is 0 Å². The van der Waals surface area contributed by atoms with Gasteiger partial charge in [0.2, 0.25) is 0 Å². The van der Waals surface area contributed by atoms with E-state index in [1.54, 1.807) is 0 Å². The number of aliphatic imine (C=N–C) groups is 1. The van der Waals surface area contributed by atoms with Crippen LogP contribution in [0.15, 0.2) is 35.3 Å². The molecule has 0 aromatic heterocycles. The zero-order chi connectivity index (χ0) is 15.9. The number of Topliss-reactive ketones (excluding diaryl/α,β-unsaturated/α-hetero) is 1. The standard InChI is InChI=1S/C17H21NO3S/c1-12-14(11-16(20)21)18-17(22-12)15(19)10-6-5-9-13-7-3-2-4-8-13/h2-4,7-8,12,14H,5-6,9-11H2,1H3,(H,20,21). The van der Waals surface area contributed by atoms with Gasteiger partial charge in [-0.15, -0.1) is 0 Å². The molecule has 0 fully saturated rings. The maximum Gasteiger partial charge on any atom is 0.305 e. The van der Waals surface area contributed by atoms with Crippen molar-refractivity contribution in [3.63, 3.8) is 0 Å². The number of nitrogens with zero attached hydrogens (tertiary/aromatic N) is 1. The van der Waals surface area contributed by atoms with E-state index in [-0.39, 0.29) is 23.5 Å². The molecule has 0 bridgehead atoms. The van der Waals surface area contributed by atoms with Crippen LogP contribution in [0.25, 0.3) is 0 Å². The number of aliphatic carboxylic acids is 1. The zero-order valence-corrected chi connectivity index (χ0v) is 13.5. The normalized spacial score (nSPS) is 20.7. The third-order valence-corrected chi connectivity index (χ3v) is 4.95. The predicted molar refractivity (Wildman–Crippen MR) is 89.5 cm³/mol. The minimum Gasteiger partial charge on any atom is -0.481 e.